The van der Waals surface area contributed by atoms with Crippen LogP contribution in [0.1, 0.15) is 36.6 Å². The molecule has 1 fully saturated rings. The highest BCUT2D eigenvalue weighted by Crippen LogP contribution is 2.28. The van der Waals surface area contributed by atoms with Crippen molar-refractivity contribution in [1.82, 2.24) is 9.47 Å². The summed E-state index contributed by atoms with van der Waals surface area (Å²) in [4.78, 5) is 14.1. The summed E-state index contributed by atoms with van der Waals surface area (Å²) in [5.74, 6) is -0.124. The van der Waals surface area contributed by atoms with Gasteiger partial charge in [0.1, 0.15) is 0 Å². The highest BCUT2D eigenvalue weighted by molar-refractivity contribution is 5.71. The second kappa shape index (κ2) is 7.67. The van der Waals surface area contributed by atoms with Gasteiger partial charge in [-0.1, -0.05) is 29.8 Å². The van der Waals surface area contributed by atoms with Crippen LogP contribution in [0.2, 0.25) is 0 Å². The van der Waals surface area contributed by atoms with Crippen molar-refractivity contribution in [3.05, 3.63) is 59.4 Å². The quantitative estimate of drug-likeness (QED) is 0.698. The Hall–Kier alpha value is -2.07. The van der Waals surface area contributed by atoms with E-state index in [1.807, 2.05) is 6.92 Å². The predicted octanol–water partition coefficient (Wildman–Crippen LogP) is 3.37. The molecule has 1 aromatic heterocycles. The third-order valence-electron chi connectivity index (χ3n) is 4.42. The molecule has 128 valence electrons. The van der Waals surface area contributed by atoms with E-state index < -0.39 is 0 Å². The van der Waals surface area contributed by atoms with Crippen LogP contribution < -0.4 is 0 Å². The largest absolute Gasteiger partial charge is 0.465 e. The minimum Gasteiger partial charge on any atom is -0.465 e. The number of esters is 1. The number of ether oxygens (including phenoxy) is 1. The lowest BCUT2D eigenvalue weighted by Crippen LogP contribution is -2.33. The van der Waals surface area contributed by atoms with Crippen molar-refractivity contribution in [2.75, 3.05) is 13.2 Å². The number of carbonyl (C=O) groups is 1. The Labute approximate surface area is 144 Å². The van der Waals surface area contributed by atoms with Gasteiger partial charge in [0, 0.05) is 31.0 Å². The number of nitrogens with zero attached hydrogens (tertiary/aromatic N) is 2. The summed E-state index contributed by atoms with van der Waals surface area (Å²) >= 11 is 0. The second-order valence-electron chi connectivity index (χ2n) is 6.56. The molecule has 0 N–H and O–H groups in total. The molecule has 0 radical (unpaired) electrons. The lowest BCUT2D eigenvalue weighted by atomic mass is 10.1. The second-order valence-corrected chi connectivity index (χ2v) is 6.56. The number of rotatable bonds is 8. The van der Waals surface area contributed by atoms with Crippen molar-refractivity contribution in [2.24, 2.45) is 0 Å². The Bertz CT molecular complexity index is 688. The number of carbonyl (C=O) groups excluding carboxylic acids is 1. The SMILES string of the molecule is CCOC(=O)CN(Cc1cccn1Cc1cccc(C)c1)C1CC1. The molecular formula is C20H26N2O2. The lowest BCUT2D eigenvalue weighted by Gasteiger charge is -2.22. The molecule has 1 aromatic carbocycles. The van der Waals surface area contributed by atoms with Crippen LogP contribution in [0, 0.1) is 6.92 Å². The van der Waals surface area contributed by atoms with Gasteiger partial charge in [-0.05, 0) is 44.4 Å². The first-order valence-corrected chi connectivity index (χ1v) is 8.75. The average molecular weight is 326 g/mol. The zero-order valence-corrected chi connectivity index (χ0v) is 14.6. The van der Waals surface area contributed by atoms with Crippen molar-refractivity contribution in [3.8, 4) is 0 Å². The fraction of sp³-hybridized carbons (Fsp3) is 0.450. The number of hydrogen-bond donors (Lipinski definition) is 0. The van der Waals surface area contributed by atoms with E-state index in [-0.39, 0.29) is 5.97 Å². The Balaban J connectivity index is 1.68. The molecule has 4 heteroatoms. The third-order valence-corrected chi connectivity index (χ3v) is 4.42. The van der Waals surface area contributed by atoms with Gasteiger partial charge < -0.3 is 9.30 Å². The third kappa shape index (κ3) is 4.48. The zero-order chi connectivity index (χ0) is 16.9. The van der Waals surface area contributed by atoms with E-state index >= 15 is 0 Å². The lowest BCUT2D eigenvalue weighted by molar-refractivity contribution is -0.144. The van der Waals surface area contributed by atoms with Crippen LogP contribution in [-0.2, 0) is 22.6 Å². The standard InChI is InChI=1S/C20H26N2O2/c1-3-24-20(23)15-22(18-9-10-18)14-19-8-5-11-21(19)13-17-7-4-6-16(2)12-17/h4-8,11-12,18H,3,9-10,13-15H2,1-2H3. The molecule has 0 bridgehead atoms. The maximum Gasteiger partial charge on any atom is 0.320 e. The molecule has 0 spiro atoms. The van der Waals surface area contributed by atoms with Crippen LogP contribution in [0.4, 0.5) is 0 Å². The summed E-state index contributed by atoms with van der Waals surface area (Å²) in [6.07, 6.45) is 4.48. The molecule has 1 aliphatic carbocycles. The van der Waals surface area contributed by atoms with Crippen LogP contribution in [0.25, 0.3) is 0 Å². The molecule has 24 heavy (non-hydrogen) atoms. The summed E-state index contributed by atoms with van der Waals surface area (Å²) in [6, 6.07) is 13.4. The molecule has 0 aliphatic heterocycles. The van der Waals surface area contributed by atoms with E-state index in [2.05, 4.69) is 59.0 Å². The van der Waals surface area contributed by atoms with Gasteiger partial charge in [-0.15, -0.1) is 0 Å². The zero-order valence-electron chi connectivity index (χ0n) is 14.6. The summed E-state index contributed by atoms with van der Waals surface area (Å²) in [5.41, 5.74) is 3.83. The molecule has 0 unspecified atom stereocenters. The van der Waals surface area contributed by atoms with Gasteiger partial charge in [0.2, 0.25) is 0 Å². The topological polar surface area (TPSA) is 34.5 Å². The van der Waals surface area contributed by atoms with Gasteiger partial charge in [0.05, 0.1) is 13.2 Å². The van der Waals surface area contributed by atoms with Gasteiger partial charge in [-0.3, -0.25) is 9.69 Å². The number of aryl methyl sites for hydroxylation is 1. The van der Waals surface area contributed by atoms with E-state index in [0.717, 1.165) is 13.1 Å². The summed E-state index contributed by atoms with van der Waals surface area (Å²) in [7, 11) is 0. The molecule has 0 amide bonds. The van der Waals surface area contributed by atoms with Gasteiger partial charge in [0.15, 0.2) is 0 Å². The van der Waals surface area contributed by atoms with Crippen LogP contribution >= 0.6 is 0 Å². The molecule has 4 nitrogen and oxygen atoms in total. The summed E-state index contributed by atoms with van der Waals surface area (Å²) in [5, 5.41) is 0. The highest BCUT2D eigenvalue weighted by Gasteiger charge is 2.31. The van der Waals surface area contributed by atoms with Crippen LogP contribution in [0.3, 0.4) is 0 Å². The molecule has 1 aliphatic rings. The van der Waals surface area contributed by atoms with Crippen LogP contribution in [0.5, 0.6) is 0 Å². The number of benzene rings is 1. The van der Waals surface area contributed by atoms with Crippen molar-refractivity contribution in [3.63, 3.8) is 0 Å². The molecule has 1 heterocycles. The van der Waals surface area contributed by atoms with E-state index in [1.54, 1.807) is 0 Å². The predicted molar refractivity (Wildman–Crippen MR) is 94.8 cm³/mol. The van der Waals surface area contributed by atoms with Gasteiger partial charge in [-0.25, -0.2) is 0 Å². The van der Waals surface area contributed by atoms with Crippen molar-refractivity contribution in [1.29, 1.82) is 0 Å². The van der Waals surface area contributed by atoms with E-state index in [9.17, 15) is 4.79 Å². The molecule has 0 saturated heterocycles. The summed E-state index contributed by atoms with van der Waals surface area (Å²) < 4.78 is 7.39. The van der Waals surface area contributed by atoms with Gasteiger partial charge in [0.25, 0.3) is 0 Å². The Morgan fingerprint density at radius 3 is 2.83 bits per heavy atom. The first-order chi connectivity index (χ1) is 11.7. The first-order valence-electron chi connectivity index (χ1n) is 8.75. The normalized spacial score (nSPS) is 14.1. The molecule has 1 saturated carbocycles. The van der Waals surface area contributed by atoms with Gasteiger partial charge >= 0.3 is 5.97 Å². The number of hydrogen-bond acceptors (Lipinski definition) is 3. The molecule has 3 rings (SSSR count). The van der Waals surface area contributed by atoms with Crippen molar-refractivity contribution < 1.29 is 9.53 Å². The van der Waals surface area contributed by atoms with Crippen LogP contribution in [-0.4, -0.2) is 34.6 Å². The van der Waals surface area contributed by atoms with Crippen LogP contribution in [0.15, 0.2) is 42.6 Å². The molecule has 2 aromatic rings. The maximum atomic E-state index is 11.9. The smallest absolute Gasteiger partial charge is 0.320 e. The van der Waals surface area contributed by atoms with Crippen molar-refractivity contribution in [2.45, 2.75) is 45.8 Å². The van der Waals surface area contributed by atoms with Gasteiger partial charge in [-0.2, -0.15) is 0 Å². The highest BCUT2D eigenvalue weighted by atomic mass is 16.5. The van der Waals surface area contributed by atoms with Crippen molar-refractivity contribution >= 4 is 5.97 Å². The minimum absolute atomic E-state index is 0.124. The van der Waals surface area contributed by atoms with E-state index in [0.29, 0.717) is 19.2 Å². The number of aromatic nitrogens is 1. The molecule has 0 atom stereocenters. The maximum absolute atomic E-state index is 11.9. The average Bonchev–Trinajstić information content (AvgIpc) is 3.30. The Morgan fingerprint density at radius 1 is 1.29 bits per heavy atom. The van der Waals surface area contributed by atoms with E-state index in [1.165, 1.54) is 29.7 Å². The van der Waals surface area contributed by atoms with E-state index in [4.69, 9.17) is 4.74 Å². The first kappa shape index (κ1) is 16.8. The fourth-order valence-electron chi connectivity index (χ4n) is 3.09. The monoisotopic (exact) mass is 326 g/mol. The summed E-state index contributed by atoms with van der Waals surface area (Å²) in [6.45, 7) is 6.46. The Morgan fingerprint density at radius 2 is 2.12 bits per heavy atom. The molecular weight excluding hydrogens is 300 g/mol. The minimum atomic E-state index is -0.124. The Kier molecular flexibility index (Phi) is 5.36. The fourth-order valence-corrected chi connectivity index (χ4v) is 3.09.